The van der Waals surface area contributed by atoms with Gasteiger partial charge in [0.2, 0.25) is 0 Å². The van der Waals surface area contributed by atoms with E-state index in [1.54, 1.807) is 0 Å². The van der Waals surface area contributed by atoms with Crippen LogP contribution in [0.5, 0.6) is 5.75 Å². The lowest BCUT2D eigenvalue weighted by molar-refractivity contribution is 0.139. The van der Waals surface area contributed by atoms with Gasteiger partial charge in [0, 0.05) is 17.9 Å². The van der Waals surface area contributed by atoms with Crippen molar-refractivity contribution >= 4 is 33.0 Å². The molecule has 0 bridgehead atoms. The Morgan fingerprint density at radius 3 is 2.21 bits per heavy atom. The van der Waals surface area contributed by atoms with Gasteiger partial charge in [-0.15, -0.1) is 0 Å². The molecular formula is C12H16Cl2O4S. The van der Waals surface area contributed by atoms with Crippen LogP contribution in [0, 0.1) is 0 Å². The van der Waals surface area contributed by atoms with Crippen molar-refractivity contribution in [1.29, 1.82) is 0 Å². The normalized spacial score (nSPS) is 14.3. The molecule has 1 aromatic rings. The molecule has 0 fully saturated rings. The smallest absolute Gasteiger partial charge is 0.155 e. The average Bonchev–Trinajstić information content (AvgIpc) is 2.29. The summed E-state index contributed by atoms with van der Waals surface area (Å²) in [5.41, 5.74) is 0.253. The fourth-order valence-corrected chi connectivity index (χ4v) is 2.53. The summed E-state index contributed by atoms with van der Waals surface area (Å²) in [5.74, 6) is 0.361. The van der Waals surface area contributed by atoms with Crippen LogP contribution in [0.1, 0.15) is 25.5 Å². The molecule has 4 nitrogen and oxygen atoms in total. The van der Waals surface area contributed by atoms with Gasteiger partial charge in [0.15, 0.2) is 9.84 Å². The van der Waals surface area contributed by atoms with E-state index in [1.165, 1.54) is 33.1 Å². The first-order valence-corrected chi connectivity index (χ1v) is 8.07. The van der Waals surface area contributed by atoms with Gasteiger partial charge in [0.25, 0.3) is 0 Å². The second kappa shape index (κ2) is 5.48. The van der Waals surface area contributed by atoms with Crippen LogP contribution in [0.3, 0.4) is 0 Å². The molecule has 1 N–H and O–H groups in total. The number of hydrogen-bond acceptors (Lipinski definition) is 4. The Balaban J connectivity index is 3.36. The molecular weight excluding hydrogens is 311 g/mol. The molecule has 0 spiro atoms. The van der Waals surface area contributed by atoms with Crippen molar-refractivity contribution in [3.05, 3.63) is 27.7 Å². The third-order valence-electron chi connectivity index (χ3n) is 3.18. The number of methoxy groups -OCH3 is 1. The molecule has 19 heavy (non-hydrogen) atoms. The molecule has 0 saturated heterocycles. The highest BCUT2D eigenvalue weighted by atomic mass is 35.5. The summed E-state index contributed by atoms with van der Waals surface area (Å²) in [6, 6.07) is 2.86. The zero-order valence-corrected chi connectivity index (χ0v) is 13.4. The van der Waals surface area contributed by atoms with Gasteiger partial charge in [-0.25, -0.2) is 8.42 Å². The van der Waals surface area contributed by atoms with Gasteiger partial charge in [-0.3, -0.25) is 0 Å². The minimum Gasteiger partial charge on any atom is -0.495 e. The van der Waals surface area contributed by atoms with Crippen LogP contribution in [0.2, 0.25) is 10.0 Å². The largest absolute Gasteiger partial charge is 0.495 e. The van der Waals surface area contributed by atoms with E-state index >= 15 is 0 Å². The molecule has 0 aliphatic carbocycles. The summed E-state index contributed by atoms with van der Waals surface area (Å²) < 4.78 is 27.1. The average molecular weight is 327 g/mol. The molecule has 108 valence electrons. The van der Waals surface area contributed by atoms with Gasteiger partial charge in [-0.05, 0) is 19.9 Å². The molecule has 1 atom stereocenters. The monoisotopic (exact) mass is 326 g/mol. The summed E-state index contributed by atoms with van der Waals surface area (Å²) in [5, 5.41) is 10.7. The number of sulfone groups is 1. The van der Waals surface area contributed by atoms with Crippen molar-refractivity contribution < 1.29 is 18.3 Å². The molecule has 0 heterocycles. The minimum absolute atomic E-state index is 0.200. The van der Waals surface area contributed by atoms with Crippen LogP contribution in [-0.2, 0) is 9.84 Å². The lowest BCUT2D eigenvalue weighted by Crippen LogP contribution is -2.38. The summed E-state index contributed by atoms with van der Waals surface area (Å²) >= 11 is 12.0. The highest BCUT2D eigenvalue weighted by Gasteiger charge is 2.40. The van der Waals surface area contributed by atoms with Gasteiger partial charge in [0.1, 0.15) is 5.75 Å². The highest BCUT2D eigenvalue weighted by molar-refractivity contribution is 7.92. The lowest BCUT2D eigenvalue weighted by Gasteiger charge is -2.29. The van der Waals surface area contributed by atoms with Crippen LogP contribution in [0.15, 0.2) is 12.1 Å². The topological polar surface area (TPSA) is 63.6 Å². The summed E-state index contributed by atoms with van der Waals surface area (Å²) in [4.78, 5) is 0. The van der Waals surface area contributed by atoms with E-state index in [4.69, 9.17) is 27.9 Å². The number of halogens is 2. The quantitative estimate of drug-likeness (QED) is 0.924. The Labute approximate surface area is 123 Å². The maximum absolute atomic E-state index is 11.7. The molecule has 1 rings (SSSR count). The molecule has 0 radical (unpaired) electrons. The fraction of sp³-hybridized carbons (Fsp3) is 0.500. The van der Waals surface area contributed by atoms with Crippen LogP contribution < -0.4 is 4.74 Å². The number of ether oxygens (including phenoxy) is 1. The molecule has 0 aliphatic heterocycles. The van der Waals surface area contributed by atoms with Gasteiger partial charge >= 0.3 is 0 Å². The molecule has 1 unspecified atom stereocenters. The van der Waals surface area contributed by atoms with E-state index in [1.807, 2.05) is 0 Å². The van der Waals surface area contributed by atoms with E-state index in [2.05, 4.69) is 0 Å². The first-order valence-electron chi connectivity index (χ1n) is 5.43. The van der Waals surface area contributed by atoms with Crippen molar-refractivity contribution in [2.75, 3.05) is 13.4 Å². The number of aliphatic hydroxyl groups is 1. The van der Waals surface area contributed by atoms with Crippen LogP contribution in [0.25, 0.3) is 0 Å². The van der Waals surface area contributed by atoms with E-state index < -0.39 is 20.7 Å². The Morgan fingerprint density at radius 1 is 1.26 bits per heavy atom. The zero-order valence-electron chi connectivity index (χ0n) is 11.1. The van der Waals surface area contributed by atoms with Crippen LogP contribution in [-0.4, -0.2) is 31.6 Å². The van der Waals surface area contributed by atoms with Crippen LogP contribution >= 0.6 is 23.2 Å². The standard InChI is InChI=1S/C12H16Cl2O4S/c1-12(2,19(4,16)17)11(15)7-5-9(14)10(18-3)6-8(7)13/h5-6,11,15H,1-4H3. The number of hydrogen-bond donors (Lipinski definition) is 1. The summed E-state index contributed by atoms with van der Waals surface area (Å²) in [7, 11) is -2.04. The molecule has 0 aliphatic rings. The number of aliphatic hydroxyl groups excluding tert-OH is 1. The van der Waals surface area contributed by atoms with Crippen molar-refractivity contribution in [2.24, 2.45) is 0 Å². The Bertz CT molecular complexity index is 582. The first-order chi connectivity index (χ1) is 8.52. The Hall–Kier alpha value is -0.490. The molecule has 0 saturated carbocycles. The maximum atomic E-state index is 11.7. The van der Waals surface area contributed by atoms with Gasteiger partial charge in [0.05, 0.1) is 28.0 Å². The third kappa shape index (κ3) is 3.16. The number of benzene rings is 1. The molecule has 0 amide bonds. The minimum atomic E-state index is -3.48. The Morgan fingerprint density at radius 2 is 1.79 bits per heavy atom. The van der Waals surface area contributed by atoms with Gasteiger partial charge < -0.3 is 9.84 Å². The lowest BCUT2D eigenvalue weighted by atomic mass is 9.98. The predicted molar refractivity (Wildman–Crippen MR) is 76.9 cm³/mol. The molecule has 0 aromatic heterocycles. The molecule has 1 aromatic carbocycles. The van der Waals surface area contributed by atoms with E-state index in [0.717, 1.165) is 6.26 Å². The van der Waals surface area contributed by atoms with Gasteiger partial charge in [-0.1, -0.05) is 23.2 Å². The summed E-state index contributed by atoms with van der Waals surface area (Å²) in [6.45, 7) is 2.86. The van der Waals surface area contributed by atoms with Crippen molar-refractivity contribution in [3.8, 4) is 5.75 Å². The SMILES string of the molecule is COc1cc(Cl)c(C(O)C(C)(C)S(C)(=O)=O)cc1Cl. The van der Waals surface area contributed by atoms with E-state index in [9.17, 15) is 13.5 Å². The predicted octanol–water partition coefficient (Wildman–Crippen LogP) is 2.86. The zero-order chi connectivity index (χ0) is 15.0. The third-order valence-corrected chi connectivity index (χ3v) is 5.94. The maximum Gasteiger partial charge on any atom is 0.155 e. The van der Waals surface area contributed by atoms with Crippen molar-refractivity contribution in [2.45, 2.75) is 24.7 Å². The van der Waals surface area contributed by atoms with E-state index in [0.29, 0.717) is 5.75 Å². The van der Waals surface area contributed by atoms with Crippen molar-refractivity contribution in [1.82, 2.24) is 0 Å². The van der Waals surface area contributed by atoms with Gasteiger partial charge in [-0.2, -0.15) is 0 Å². The van der Waals surface area contributed by atoms with E-state index in [-0.39, 0.29) is 15.6 Å². The van der Waals surface area contributed by atoms with Crippen LogP contribution in [0.4, 0.5) is 0 Å². The Kier molecular flexibility index (Phi) is 4.78. The second-order valence-electron chi connectivity index (χ2n) is 4.79. The molecule has 7 heteroatoms. The van der Waals surface area contributed by atoms with Crippen molar-refractivity contribution in [3.63, 3.8) is 0 Å². The summed E-state index contributed by atoms with van der Waals surface area (Å²) in [6.07, 6.45) is -0.228. The first kappa shape index (κ1) is 16.6. The fourth-order valence-electron chi connectivity index (χ4n) is 1.49. The highest BCUT2D eigenvalue weighted by Crippen LogP contribution is 2.39. The second-order valence-corrected chi connectivity index (χ2v) is 8.20. The number of rotatable bonds is 4.